The highest BCUT2D eigenvalue weighted by atomic mass is 16.2. The van der Waals surface area contributed by atoms with Gasteiger partial charge in [-0.15, -0.1) is 0 Å². The number of aryl methyl sites for hydroxylation is 2. The van der Waals surface area contributed by atoms with Crippen LogP contribution in [0.1, 0.15) is 43.0 Å². The molecule has 2 N–H and O–H groups in total. The summed E-state index contributed by atoms with van der Waals surface area (Å²) in [7, 11) is 0. The molecule has 0 spiro atoms. The zero-order valence-electron chi connectivity index (χ0n) is 11.4. The number of nitrogens with one attached hydrogen (secondary N) is 2. The molecule has 0 radical (unpaired) electrons. The van der Waals surface area contributed by atoms with E-state index in [1.807, 2.05) is 6.92 Å². The van der Waals surface area contributed by atoms with Crippen molar-refractivity contribution >= 4 is 11.6 Å². The maximum absolute atomic E-state index is 12.1. The van der Waals surface area contributed by atoms with E-state index in [9.17, 15) is 4.79 Å². The van der Waals surface area contributed by atoms with Gasteiger partial charge >= 0.3 is 0 Å². The molecule has 1 amide bonds. The minimum absolute atomic E-state index is 0.0881. The number of carbonyl (C=O) groups is 1. The Bertz CT molecular complexity index is 534. The topological polar surface area (TPSA) is 41.1 Å². The number of rotatable bonds is 2. The van der Waals surface area contributed by atoms with E-state index in [2.05, 4.69) is 43.5 Å². The Balaban J connectivity index is 1.94. The van der Waals surface area contributed by atoms with E-state index in [0.717, 1.165) is 23.2 Å². The Hall–Kier alpha value is -1.35. The molecule has 2 aliphatic rings. The lowest BCUT2D eigenvalue weighted by Crippen LogP contribution is -2.31. The quantitative estimate of drug-likeness (QED) is 0.839. The van der Waals surface area contributed by atoms with Gasteiger partial charge in [0.15, 0.2) is 0 Å². The average Bonchev–Trinajstić information content (AvgIpc) is 2.73. The number of benzene rings is 1. The molecule has 1 heterocycles. The van der Waals surface area contributed by atoms with Gasteiger partial charge in [-0.1, -0.05) is 26.0 Å². The van der Waals surface area contributed by atoms with Crippen LogP contribution in [0.3, 0.4) is 0 Å². The van der Waals surface area contributed by atoms with Crippen molar-refractivity contribution in [3.05, 3.63) is 28.8 Å². The van der Waals surface area contributed by atoms with Crippen molar-refractivity contribution in [1.29, 1.82) is 0 Å². The number of hydrogen-bond acceptors (Lipinski definition) is 2. The predicted octanol–water partition coefficient (Wildman–Crippen LogP) is 2.68. The second kappa shape index (κ2) is 3.58. The van der Waals surface area contributed by atoms with Crippen molar-refractivity contribution < 1.29 is 4.79 Å². The van der Waals surface area contributed by atoms with Crippen molar-refractivity contribution in [3.63, 3.8) is 0 Å². The van der Waals surface area contributed by atoms with Crippen molar-refractivity contribution in [2.75, 3.05) is 5.32 Å². The van der Waals surface area contributed by atoms with E-state index in [4.69, 9.17) is 0 Å². The monoisotopic (exact) mass is 244 g/mol. The number of carbonyl (C=O) groups excluding carboxylic acids is 1. The van der Waals surface area contributed by atoms with Gasteiger partial charge in [0.2, 0.25) is 5.91 Å². The first kappa shape index (κ1) is 11.7. The first-order chi connectivity index (χ1) is 8.40. The Labute approximate surface area is 108 Å². The third-order valence-corrected chi connectivity index (χ3v) is 4.35. The molecule has 3 nitrogen and oxygen atoms in total. The normalized spacial score (nSPS) is 27.9. The van der Waals surface area contributed by atoms with E-state index >= 15 is 0 Å². The lowest BCUT2D eigenvalue weighted by atomic mass is 9.99. The molecule has 3 heteroatoms. The van der Waals surface area contributed by atoms with E-state index in [1.165, 1.54) is 5.56 Å². The third-order valence-electron chi connectivity index (χ3n) is 4.35. The summed E-state index contributed by atoms with van der Waals surface area (Å²) in [6.07, 6.45) is 1.15. The Morgan fingerprint density at radius 1 is 1.28 bits per heavy atom. The number of fused-ring (bicyclic) bond motifs is 1. The van der Waals surface area contributed by atoms with Crippen LogP contribution in [-0.4, -0.2) is 11.9 Å². The maximum Gasteiger partial charge on any atom is 0.246 e. The number of hydrogen-bond donors (Lipinski definition) is 2. The fourth-order valence-corrected chi connectivity index (χ4v) is 2.81. The van der Waals surface area contributed by atoms with Crippen molar-refractivity contribution in [1.82, 2.24) is 5.32 Å². The first-order valence-electron chi connectivity index (χ1n) is 6.57. The standard InChI is InChI=1S/C15H20N2O/c1-8-5-6-9(2)12-11(8)13(14(18)17-12)16-10-7-15(10,3)4/h5-6,10,13,16H,7H2,1-4H3,(H,17,18). The molecule has 0 saturated heterocycles. The number of anilines is 1. The molecule has 2 atom stereocenters. The largest absolute Gasteiger partial charge is 0.324 e. The highest BCUT2D eigenvalue weighted by Crippen LogP contribution is 2.47. The van der Waals surface area contributed by atoms with E-state index in [1.54, 1.807) is 0 Å². The summed E-state index contributed by atoms with van der Waals surface area (Å²) in [6.45, 7) is 8.59. The summed E-state index contributed by atoms with van der Waals surface area (Å²) in [4.78, 5) is 12.1. The van der Waals surface area contributed by atoms with Crippen LogP contribution in [0.5, 0.6) is 0 Å². The van der Waals surface area contributed by atoms with E-state index < -0.39 is 0 Å². The molecular weight excluding hydrogens is 224 g/mol. The van der Waals surface area contributed by atoms with Gasteiger partial charge in [-0.2, -0.15) is 0 Å². The molecule has 18 heavy (non-hydrogen) atoms. The van der Waals surface area contributed by atoms with E-state index in [0.29, 0.717) is 11.5 Å². The lowest BCUT2D eigenvalue weighted by Gasteiger charge is -2.15. The number of amides is 1. The molecule has 1 aromatic carbocycles. The van der Waals surface area contributed by atoms with Crippen molar-refractivity contribution in [2.45, 2.75) is 46.2 Å². The van der Waals surface area contributed by atoms with Gasteiger partial charge in [0.1, 0.15) is 6.04 Å². The highest BCUT2D eigenvalue weighted by Gasteiger charge is 2.48. The summed E-state index contributed by atoms with van der Waals surface area (Å²) in [5.41, 5.74) is 4.81. The van der Waals surface area contributed by atoms with Crippen molar-refractivity contribution in [2.24, 2.45) is 5.41 Å². The van der Waals surface area contributed by atoms with Crippen LogP contribution in [0.25, 0.3) is 0 Å². The van der Waals surface area contributed by atoms with Gasteiger partial charge in [0.05, 0.1) is 0 Å². The molecule has 0 bridgehead atoms. The highest BCUT2D eigenvalue weighted by molar-refractivity contribution is 6.04. The fourth-order valence-electron chi connectivity index (χ4n) is 2.81. The fraction of sp³-hybridized carbons (Fsp3) is 0.533. The summed E-state index contributed by atoms with van der Waals surface area (Å²) in [5.74, 6) is 0.0881. The van der Waals surface area contributed by atoms with Gasteiger partial charge in [0.25, 0.3) is 0 Å². The molecule has 1 fully saturated rings. The van der Waals surface area contributed by atoms with Gasteiger partial charge in [-0.05, 0) is 36.8 Å². The molecule has 3 rings (SSSR count). The molecule has 1 aliphatic heterocycles. The van der Waals surface area contributed by atoms with E-state index in [-0.39, 0.29) is 11.9 Å². The minimum Gasteiger partial charge on any atom is -0.324 e. The van der Waals surface area contributed by atoms with Crippen LogP contribution in [0.2, 0.25) is 0 Å². The molecule has 1 aromatic rings. The smallest absolute Gasteiger partial charge is 0.246 e. The molecular formula is C15H20N2O. The summed E-state index contributed by atoms with van der Waals surface area (Å²) < 4.78 is 0. The third kappa shape index (κ3) is 1.65. The van der Waals surface area contributed by atoms with Crippen molar-refractivity contribution in [3.8, 4) is 0 Å². The van der Waals surface area contributed by atoms with Gasteiger partial charge in [0, 0.05) is 17.3 Å². The summed E-state index contributed by atoms with van der Waals surface area (Å²) in [5, 5.41) is 6.52. The van der Waals surface area contributed by atoms with Crippen LogP contribution < -0.4 is 10.6 Å². The minimum atomic E-state index is -0.174. The Kier molecular flexibility index (Phi) is 2.33. The zero-order chi connectivity index (χ0) is 13.1. The SMILES string of the molecule is Cc1ccc(C)c2c1NC(=O)C2NC1CC1(C)C. The van der Waals surface area contributed by atoms with Crippen LogP contribution >= 0.6 is 0 Å². The Morgan fingerprint density at radius 2 is 1.89 bits per heavy atom. The predicted molar refractivity (Wildman–Crippen MR) is 72.6 cm³/mol. The van der Waals surface area contributed by atoms with Crippen LogP contribution in [0.4, 0.5) is 5.69 Å². The van der Waals surface area contributed by atoms with Gasteiger partial charge < -0.3 is 5.32 Å². The molecule has 2 unspecified atom stereocenters. The maximum atomic E-state index is 12.1. The van der Waals surface area contributed by atoms with Crippen LogP contribution in [0, 0.1) is 19.3 Å². The molecule has 1 aliphatic carbocycles. The second-order valence-corrected chi connectivity index (χ2v) is 6.32. The Morgan fingerprint density at radius 3 is 2.50 bits per heavy atom. The van der Waals surface area contributed by atoms with Crippen LogP contribution in [0.15, 0.2) is 12.1 Å². The molecule has 1 saturated carbocycles. The zero-order valence-corrected chi connectivity index (χ0v) is 11.4. The summed E-state index contributed by atoms with van der Waals surface area (Å²) >= 11 is 0. The van der Waals surface area contributed by atoms with Gasteiger partial charge in [-0.25, -0.2) is 0 Å². The lowest BCUT2D eigenvalue weighted by molar-refractivity contribution is -0.117. The summed E-state index contributed by atoms with van der Waals surface area (Å²) in [6, 6.07) is 4.45. The first-order valence-corrected chi connectivity index (χ1v) is 6.57. The molecule has 0 aromatic heterocycles. The average molecular weight is 244 g/mol. The van der Waals surface area contributed by atoms with Gasteiger partial charge in [-0.3, -0.25) is 10.1 Å². The van der Waals surface area contributed by atoms with Crippen LogP contribution in [-0.2, 0) is 4.79 Å². The molecule has 96 valence electrons. The second-order valence-electron chi connectivity index (χ2n) is 6.32.